The van der Waals surface area contributed by atoms with Gasteiger partial charge in [-0.15, -0.1) is 0 Å². The fourth-order valence-corrected chi connectivity index (χ4v) is 3.92. The molecule has 0 fully saturated rings. The highest BCUT2D eigenvalue weighted by molar-refractivity contribution is 5.98. The maximum Gasteiger partial charge on any atom is 0.251 e. The Kier molecular flexibility index (Phi) is 9.23. The van der Waals surface area contributed by atoms with Gasteiger partial charge in [-0.3, -0.25) is 14.4 Å². The minimum absolute atomic E-state index is 0.139. The van der Waals surface area contributed by atoms with E-state index in [1.807, 2.05) is 91.0 Å². The molecule has 1 heterocycles. The molecule has 192 valence electrons. The van der Waals surface area contributed by atoms with Crippen LogP contribution in [-0.2, 0) is 34.0 Å². The summed E-state index contributed by atoms with van der Waals surface area (Å²) in [6.07, 6.45) is 3.83. The minimum Gasteiger partial charge on any atom is -0.467 e. The molecule has 0 spiro atoms. The summed E-state index contributed by atoms with van der Waals surface area (Å²) < 4.78 is 5.59. The van der Waals surface area contributed by atoms with Crippen molar-refractivity contribution < 1.29 is 18.8 Å². The Balaban J connectivity index is 1.54. The monoisotopic (exact) mass is 507 g/mol. The van der Waals surface area contributed by atoms with Crippen LogP contribution in [0.4, 0.5) is 0 Å². The molecule has 0 aliphatic rings. The Bertz CT molecular complexity index is 1340. The molecule has 7 nitrogen and oxygen atoms in total. The highest BCUT2D eigenvalue weighted by atomic mass is 16.3. The maximum absolute atomic E-state index is 13.5. The van der Waals surface area contributed by atoms with Crippen molar-refractivity contribution in [1.29, 1.82) is 0 Å². The van der Waals surface area contributed by atoms with Crippen LogP contribution in [0.2, 0.25) is 0 Å². The van der Waals surface area contributed by atoms with Gasteiger partial charge in [-0.1, -0.05) is 91.0 Å². The van der Waals surface area contributed by atoms with Gasteiger partial charge in [0.05, 0.1) is 6.26 Å². The number of rotatable bonds is 11. The summed E-state index contributed by atoms with van der Waals surface area (Å²) in [7, 11) is 0. The van der Waals surface area contributed by atoms with Crippen molar-refractivity contribution in [3.63, 3.8) is 0 Å². The van der Waals surface area contributed by atoms with E-state index in [1.165, 1.54) is 23.3 Å². The van der Waals surface area contributed by atoms with E-state index in [2.05, 4.69) is 10.6 Å². The molecule has 0 radical (unpaired) electrons. The number of furan rings is 1. The standard InChI is InChI=1S/C31H29N3O4/c35-28(32-21-24-11-4-1-5-12-24)18-19-29(36)34(23-26-15-8-3-9-16-26)30(27-17-10-20-38-27)31(37)33-22-25-13-6-2-7-14-25/h1-20,30H,21-23H2,(H,32,35)(H,33,37)/b19-18-. The summed E-state index contributed by atoms with van der Waals surface area (Å²) in [4.78, 5) is 40.8. The molecule has 4 aromatic rings. The molecule has 1 unspecified atom stereocenters. The largest absolute Gasteiger partial charge is 0.467 e. The van der Waals surface area contributed by atoms with E-state index in [-0.39, 0.29) is 6.54 Å². The predicted octanol–water partition coefficient (Wildman–Crippen LogP) is 4.54. The van der Waals surface area contributed by atoms with Crippen molar-refractivity contribution in [2.75, 3.05) is 0 Å². The van der Waals surface area contributed by atoms with Crippen molar-refractivity contribution in [3.8, 4) is 0 Å². The van der Waals surface area contributed by atoms with Crippen LogP contribution in [0, 0.1) is 0 Å². The summed E-state index contributed by atoms with van der Waals surface area (Å²) in [5.41, 5.74) is 2.70. The molecule has 38 heavy (non-hydrogen) atoms. The molecule has 0 saturated carbocycles. The van der Waals surface area contributed by atoms with Crippen molar-refractivity contribution in [3.05, 3.63) is 144 Å². The van der Waals surface area contributed by atoms with E-state index in [4.69, 9.17) is 4.42 Å². The van der Waals surface area contributed by atoms with Gasteiger partial charge in [-0.25, -0.2) is 0 Å². The first-order valence-corrected chi connectivity index (χ1v) is 12.3. The Hall–Kier alpha value is -4.91. The number of carbonyl (C=O) groups is 3. The first-order chi connectivity index (χ1) is 18.6. The lowest BCUT2D eigenvalue weighted by Crippen LogP contribution is -2.42. The molecule has 0 bridgehead atoms. The molecule has 3 aromatic carbocycles. The zero-order chi connectivity index (χ0) is 26.6. The third-order valence-electron chi connectivity index (χ3n) is 5.85. The average Bonchev–Trinajstić information content (AvgIpc) is 3.49. The molecule has 3 amide bonds. The van der Waals surface area contributed by atoms with Crippen molar-refractivity contribution in [2.45, 2.75) is 25.7 Å². The third-order valence-corrected chi connectivity index (χ3v) is 5.85. The van der Waals surface area contributed by atoms with E-state index in [0.717, 1.165) is 16.7 Å². The maximum atomic E-state index is 13.5. The second-order valence-electron chi connectivity index (χ2n) is 8.61. The van der Waals surface area contributed by atoms with Gasteiger partial charge in [-0.05, 0) is 28.8 Å². The second-order valence-corrected chi connectivity index (χ2v) is 8.61. The van der Waals surface area contributed by atoms with Crippen LogP contribution in [-0.4, -0.2) is 22.6 Å². The quantitative estimate of drug-likeness (QED) is 0.292. The van der Waals surface area contributed by atoms with E-state index in [1.54, 1.807) is 12.1 Å². The average molecular weight is 508 g/mol. The highest BCUT2D eigenvalue weighted by Gasteiger charge is 2.32. The van der Waals surface area contributed by atoms with E-state index in [9.17, 15) is 14.4 Å². The zero-order valence-electron chi connectivity index (χ0n) is 20.8. The molecular formula is C31H29N3O4. The number of nitrogens with one attached hydrogen (secondary N) is 2. The lowest BCUT2D eigenvalue weighted by molar-refractivity contribution is -0.139. The number of nitrogens with zero attached hydrogens (tertiary/aromatic N) is 1. The molecule has 0 saturated heterocycles. The number of benzene rings is 3. The number of hydrogen-bond acceptors (Lipinski definition) is 4. The summed E-state index contributed by atoms with van der Waals surface area (Å²) in [5.74, 6) is -0.985. The van der Waals surface area contributed by atoms with Gasteiger partial charge in [0, 0.05) is 31.8 Å². The van der Waals surface area contributed by atoms with Crippen LogP contribution in [0.25, 0.3) is 0 Å². The third kappa shape index (κ3) is 7.54. The van der Waals surface area contributed by atoms with E-state index < -0.39 is 23.8 Å². The summed E-state index contributed by atoms with van der Waals surface area (Å²) >= 11 is 0. The summed E-state index contributed by atoms with van der Waals surface area (Å²) in [5, 5.41) is 5.68. The van der Waals surface area contributed by atoms with E-state index in [0.29, 0.717) is 18.8 Å². The molecule has 2 N–H and O–H groups in total. The van der Waals surface area contributed by atoms with Gasteiger partial charge in [0.2, 0.25) is 11.8 Å². The van der Waals surface area contributed by atoms with Crippen molar-refractivity contribution in [2.24, 2.45) is 0 Å². The normalized spacial score (nSPS) is 11.6. The first kappa shape index (κ1) is 26.2. The Morgan fingerprint density at radius 1 is 0.684 bits per heavy atom. The second kappa shape index (κ2) is 13.4. The smallest absolute Gasteiger partial charge is 0.251 e. The topological polar surface area (TPSA) is 91.7 Å². The number of carbonyl (C=O) groups excluding carboxylic acids is 3. The van der Waals surface area contributed by atoms with Gasteiger partial charge in [0.1, 0.15) is 5.76 Å². The molecule has 0 aliphatic heterocycles. The molecule has 7 heteroatoms. The molecular weight excluding hydrogens is 478 g/mol. The Morgan fingerprint density at radius 2 is 1.24 bits per heavy atom. The zero-order valence-corrected chi connectivity index (χ0v) is 20.8. The van der Waals surface area contributed by atoms with Crippen LogP contribution >= 0.6 is 0 Å². The molecule has 1 aromatic heterocycles. The van der Waals surface area contributed by atoms with Gasteiger partial charge in [0.25, 0.3) is 5.91 Å². The highest BCUT2D eigenvalue weighted by Crippen LogP contribution is 2.25. The molecule has 4 rings (SSSR count). The lowest BCUT2D eigenvalue weighted by atomic mass is 10.1. The van der Waals surface area contributed by atoms with Crippen LogP contribution < -0.4 is 10.6 Å². The van der Waals surface area contributed by atoms with Gasteiger partial charge >= 0.3 is 0 Å². The van der Waals surface area contributed by atoms with Crippen LogP contribution in [0.5, 0.6) is 0 Å². The fourth-order valence-electron chi connectivity index (χ4n) is 3.92. The van der Waals surface area contributed by atoms with Gasteiger partial charge in [-0.2, -0.15) is 0 Å². The summed E-state index contributed by atoms with van der Waals surface area (Å²) in [6.45, 7) is 0.768. The number of hydrogen-bond donors (Lipinski definition) is 2. The summed E-state index contributed by atoms with van der Waals surface area (Å²) in [6, 6.07) is 30.6. The van der Waals surface area contributed by atoms with Gasteiger partial charge in [0.15, 0.2) is 6.04 Å². The van der Waals surface area contributed by atoms with Crippen LogP contribution in [0.15, 0.2) is 126 Å². The van der Waals surface area contributed by atoms with Crippen LogP contribution in [0.3, 0.4) is 0 Å². The first-order valence-electron chi connectivity index (χ1n) is 12.3. The fraction of sp³-hybridized carbons (Fsp3) is 0.129. The lowest BCUT2D eigenvalue weighted by Gasteiger charge is -2.29. The van der Waals surface area contributed by atoms with Crippen LogP contribution in [0.1, 0.15) is 28.5 Å². The Labute approximate surface area is 221 Å². The van der Waals surface area contributed by atoms with Crippen molar-refractivity contribution in [1.82, 2.24) is 15.5 Å². The number of amides is 3. The molecule has 0 aliphatic carbocycles. The molecule has 1 atom stereocenters. The minimum atomic E-state index is -1.04. The Morgan fingerprint density at radius 3 is 1.79 bits per heavy atom. The van der Waals surface area contributed by atoms with E-state index >= 15 is 0 Å². The van der Waals surface area contributed by atoms with Crippen molar-refractivity contribution >= 4 is 17.7 Å². The van der Waals surface area contributed by atoms with Gasteiger partial charge < -0.3 is 20.0 Å². The predicted molar refractivity (Wildman–Crippen MR) is 144 cm³/mol. The SMILES string of the molecule is O=C(/C=C\C(=O)N(Cc1ccccc1)C(C(=O)NCc1ccccc1)c1ccco1)NCc1ccccc1.